The van der Waals surface area contributed by atoms with Crippen LogP contribution in [0.4, 0.5) is 4.79 Å². The van der Waals surface area contributed by atoms with E-state index in [9.17, 15) is 4.79 Å². The number of amides is 1. The van der Waals surface area contributed by atoms with Crippen molar-refractivity contribution in [3.8, 4) is 11.8 Å². The molecule has 0 aromatic carbocycles. The standard InChI is InChI=1S/C10H18N2O2/c1-9(7-6-8-11(2)3)12(4)10(13)14-5/h9H,8H2,1-5H3. The molecule has 1 atom stereocenters. The van der Waals surface area contributed by atoms with Crippen molar-refractivity contribution >= 4 is 6.09 Å². The molecule has 4 heteroatoms. The van der Waals surface area contributed by atoms with Gasteiger partial charge in [-0.05, 0) is 21.0 Å². The van der Waals surface area contributed by atoms with Crippen LogP contribution >= 0.6 is 0 Å². The summed E-state index contributed by atoms with van der Waals surface area (Å²) >= 11 is 0. The number of hydrogen-bond acceptors (Lipinski definition) is 3. The van der Waals surface area contributed by atoms with Crippen LogP contribution in [0.2, 0.25) is 0 Å². The average molecular weight is 198 g/mol. The summed E-state index contributed by atoms with van der Waals surface area (Å²) < 4.78 is 4.57. The summed E-state index contributed by atoms with van der Waals surface area (Å²) in [6.45, 7) is 2.55. The number of hydrogen-bond donors (Lipinski definition) is 0. The lowest BCUT2D eigenvalue weighted by atomic mass is 10.3. The van der Waals surface area contributed by atoms with E-state index in [-0.39, 0.29) is 12.1 Å². The molecule has 0 N–H and O–H groups in total. The molecule has 14 heavy (non-hydrogen) atoms. The fraction of sp³-hybridized carbons (Fsp3) is 0.700. The molecule has 0 aliphatic rings. The molecular formula is C10H18N2O2. The minimum absolute atomic E-state index is 0.123. The molecule has 1 amide bonds. The molecule has 0 aliphatic carbocycles. The second-order valence-electron chi connectivity index (χ2n) is 3.32. The molecule has 0 aromatic heterocycles. The predicted molar refractivity (Wildman–Crippen MR) is 56.0 cm³/mol. The first-order valence-electron chi connectivity index (χ1n) is 4.43. The minimum Gasteiger partial charge on any atom is -0.453 e. The molecule has 0 heterocycles. The van der Waals surface area contributed by atoms with Gasteiger partial charge in [0, 0.05) is 7.05 Å². The molecule has 4 nitrogen and oxygen atoms in total. The molecule has 0 radical (unpaired) electrons. The second kappa shape index (κ2) is 6.28. The van der Waals surface area contributed by atoms with E-state index in [1.807, 2.05) is 25.9 Å². The fourth-order valence-electron chi connectivity index (χ4n) is 0.750. The molecule has 80 valence electrons. The van der Waals surface area contributed by atoms with E-state index in [1.165, 1.54) is 12.0 Å². The molecule has 0 saturated heterocycles. The lowest BCUT2D eigenvalue weighted by molar-refractivity contribution is 0.128. The number of ether oxygens (including phenoxy) is 1. The molecule has 0 aromatic rings. The monoisotopic (exact) mass is 198 g/mol. The molecule has 1 unspecified atom stereocenters. The third kappa shape index (κ3) is 4.73. The Kier molecular flexibility index (Phi) is 5.73. The molecule has 0 bridgehead atoms. The first kappa shape index (κ1) is 12.8. The van der Waals surface area contributed by atoms with Gasteiger partial charge in [0.25, 0.3) is 0 Å². The summed E-state index contributed by atoms with van der Waals surface area (Å²) in [5.41, 5.74) is 0. The van der Waals surface area contributed by atoms with Gasteiger partial charge in [0.05, 0.1) is 19.7 Å². The Morgan fingerprint density at radius 1 is 1.43 bits per heavy atom. The van der Waals surface area contributed by atoms with Gasteiger partial charge in [-0.15, -0.1) is 0 Å². The maximum absolute atomic E-state index is 11.1. The second-order valence-corrected chi connectivity index (χ2v) is 3.32. The third-order valence-electron chi connectivity index (χ3n) is 1.75. The zero-order valence-electron chi connectivity index (χ0n) is 9.50. The lowest BCUT2D eigenvalue weighted by Crippen LogP contribution is -2.34. The van der Waals surface area contributed by atoms with Crippen LogP contribution in [0.1, 0.15) is 6.92 Å². The summed E-state index contributed by atoms with van der Waals surface area (Å²) in [6, 6.07) is -0.123. The molecule has 0 rings (SSSR count). The van der Waals surface area contributed by atoms with Crippen LogP contribution in [0.3, 0.4) is 0 Å². The normalized spacial score (nSPS) is 11.6. The molecule has 0 spiro atoms. The van der Waals surface area contributed by atoms with E-state index >= 15 is 0 Å². The maximum atomic E-state index is 11.1. The minimum atomic E-state index is -0.364. The van der Waals surface area contributed by atoms with E-state index < -0.39 is 0 Å². The van der Waals surface area contributed by atoms with E-state index in [1.54, 1.807) is 7.05 Å². The van der Waals surface area contributed by atoms with Gasteiger partial charge in [0.1, 0.15) is 0 Å². The van der Waals surface area contributed by atoms with Gasteiger partial charge < -0.3 is 4.74 Å². The Hall–Kier alpha value is -1.21. The van der Waals surface area contributed by atoms with Crippen LogP contribution in [-0.2, 0) is 4.74 Å². The van der Waals surface area contributed by atoms with Crippen molar-refractivity contribution in [1.29, 1.82) is 0 Å². The van der Waals surface area contributed by atoms with Crippen LogP contribution in [0, 0.1) is 11.8 Å². The topological polar surface area (TPSA) is 32.8 Å². The highest BCUT2D eigenvalue weighted by atomic mass is 16.5. The lowest BCUT2D eigenvalue weighted by Gasteiger charge is -2.18. The summed E-state index contributed by atoms with van der Waals surface area (Å²) in [5.74, 6) is 5.93. The number of carbonyl (C=O) groups is 1. The van der Waals surface area contributed by atoms with Crippen molar-refractivity contribution in [1.82, 2.24) is 9.80 Å². The molecule has 0 aliphatic heterocycles. The van der Waals surface area contributed by atoms with Crippen molar-refractivity contribution in [3.05, 3.63) is 0 Å². The third-order valence-corrected chi connectivity index (χ3v) is 1.75. The van der Waals surface area contributed by atoms with Crippen molar-refractivity contribution < 1.29 is 9.53 Å². The van der Waals surface area contributed by atoms with E-state index in [4.69, 9.17) is 0 Å². The smallest absolute Gasteiger partial charge is 0.410 e. The maximum Gasteiger partial charge on any atom is 0.410 e. The van der Waals surface area contributed by atoms with Crippen LogP contribution < -0.4 is 0 Å². The van der Waals surface area contributed by atoms with E-state index in [0.29, 0.717) is 6.54 Å². The summed E-state index contributed by atoms with van der Waals surface area (Å²) in [6.07, 6.45) is -0.364. The van der Waals surface area contributed by atoms with Gasteiger partial charge >= 0.3 is 6.09 Å². The first-order valence-corrected chi connectivity index (χ1v) is 4.43. The van der Waals surface area contributed by atoms with Gasteiger partial charge in [0.15, 0.2) is 0 Å². The SMILES string of the molecule is COC(=O)N(C)C(C)C#CCN(C)C. The highest BCUT2D eigenvalue weighted by Crippen LogP contribution is 1.96. The zero-order valence-corrected chi connectivity index (χ0v) is 9.50. The first-order chi connectivity index (χ1) is 6.49. The molecular weight excluding hydrogens is 180 g/mol. The average Bonchev–Trinajstić information content (AvgIpc) is 2.14. The predicted octanol–water partition coefficient (Wildman–Crippen LogP) is 0.638. The van der Waals surface area contributed by atoms with E-state index in [0.717, 1.165) is 0 Å². The Bertz CT molecular complexity index is 240. The summed E-state index contributed by atoms with van der Waals surface area (Å²) in [4.78, 5) is 14.5. The van der Waals surface area contributed by atoms with Gasteiger partial charge in [0.2, 0.25) is 0 Å². The van der Waals surface area contributed by atoms with Crippen LogP contribution in [-0.4, -0.2) is 56.7 Å². The van der Waals surface area contributed by atoms with E-state index in [2.05, 4.69) is 16.6 Å². The Labute approximate surface area is 85.8 Å². The quantitative estimate of drug-likeness (QED) is 0.610. The van der Waals surface area contributed by atoms with Gasteiger partial charge in [-0.1, -0.05) is 11.8 Å². The zero-order chi connectivity index (χ0) is 11.1. The van der Waals surface area contributed by atoms with Crippen molar-refractivity contribution in [2.75, 3.05) is 34.8 Å². The fourth-order valence-corrected chi connectivity index (χ4v) is 0.750. The van der Waals surface area contributed by atoms with Gasteiger partial charge in [-0.2, -0.15) is 0 Å². The van der Waals surface area contributed by atoms with Gasteiger partial charge in [-0.3, -0.25) is 9.80 Å². The van der Waals surface area contributed by atoms with Crippen molar-refractivity contribution in [3.63, 3.8) is 0 Å². The highest BCUT2D eigenvalue weighted by Gasteiger charge is 2.12. The number of rotatable bonds is 2. The number of nitrogens with zero attached hydrogens (tertiary/aromatic N) is 2. The number of carbonyl (C=O) groups excluding carboxylic acids is 1. The van der Waals surface area contributed by atoms with Crippen molar-refractivity contribution in [2.24, 2.45) is 0 Å². The Morgan fingerprint density at radius 3 is 2.43 bits per heavy atom. The van der Waals surface area contributed by atoms with Crippen LogP contribution in [0.5, 0.6) is 0 Å². The Morgan fingerprint density at radius 2 is 2.00 bits per heavy atom. The van der Waals surface area contributed by atoms with Crippen molar-refractivity contribution in [2.45, 2.75) is 13.0 Å². The van der Waals surface area contributed by atoms with Crippen LogP contribution in [0.15, 0.2) is 0 Å². The Balaban J connectivity index is 4.10. The largest absolute Gasteiger partial charge is 0.453 e. The highest BCUT2D eigenvalue weighted by molar-refractivity contribution is 5.67. The van der Waals surface area contributed by atoms with Crippen LogP contribution in [0.25, 0.3) is 0 Å². The molecule has 0 fully saturated rings. The summed E-state index contributed by atoms with van der Waals surface area (Å²) in [5, 5.41) is 0. The molecule has 0 saturated carbocycles. The van der Waals surface area contributed by atoms with Gasteiger partial charge in [-0.25, -0.2) is 4.79 Å². The number of methoxy groups -OCH3 is 1. The summed E-state index contributed by atoms with van der Waals surface area (Å²) in [7, 11) is 6.92.